The van der Waals surface area contributed by atoms with Gasteiger partial charge in [-0.05, 0) is 25.2 Å². The van der Waals surface area contributed by atoms with Gasteiger partial charge in [-0.1, -0.05) is 0 Å². The van der Waals surface area contributed by atoms with Gasteiger partial charge in [0.05, 0.1) is 25.6 Å². The number of nitrogen functional groups attached to an aromatic ring is 1. The number of hydrogen-bond donors (Lipinski definition) is 2. The van der Waals surface area contributed by atoms with Crippen molar-refractivity contribution < 1.29 is 14.6 Å². The summed E-state index contributed by atoms with van der Waals surface area (Å²) in [6, 6.07) is 3.75. The van der Waals surface area contributed by atoms with Gasteiger partial charge >= 0.3 is 0 Å². The number of piperidine rings is 1. The second-order valence-corrected chi connectivity index (χ2v) is 5.23. The van der Waals surface area contributed by atoms with Gasteiger partial charge < -0.3 is 25.2 Å². The van der Waals surface area contributed by atoms with Crippen molar-refractivity contribution in [2.75, 3.05) is 44.5 Å². The van der Waals surface area contributed by atoms with Crippen LogP contribution in [0.2, 0.25) is 0 Å². The van der Waals surface area contributed by atoms with Gasteiger partial charge in [-0.25, -0.2) is 0 Å². The SMILES string of the molecule is COc1cc(N)c(N2CCCC(CCO)C2)cc1OC. The number of hydrogen-bond acceptors (Lipinski definition) is 5. The highest BCUT2D eigenvalue weighted by Crippen LogP contribution is 2.38. The molecule has 2 rings (SSSR count). The minimum absolute atomic E-state index is 0.250. The maximum Gasteiger partial charge on any atom is 0.162 e. The van der Waals surface area contributed by atoms with Crippen LogP contribution < -0.4 is 20.1 Å². The molecule has 3 N–H and O–H groups in total. The van der Waals surface area contributed by atoms with Crippen molar-refractivity contribution in [3.8, 4) is 11.5 Å². The molecule has 1 aliphatic heterocycles. The number of nitrogens with two attached hydrogens (primary N) is 1. The Labute approximate surface area is 120 Å². The lowest BCUT2D eigenvalue weighted by Gasteiger charge is -2.35. The van der Waals surface area contributed by atoms with Crippen molar-refractivity contribution in [2.45, 2.75) is 19.3 Å². The molecule has 1 aliphatic rings. The molecule has 1 unspecified atom stereocenters. The molecule has 5 nitrogen and oxygen atoms in total. The van der Waals surface area contributed by atoms with E-state index in [1.54, 1.807) is 14.2 Å². The zero-order valence-corrected chi connectivity index (χ0v) is 12.3. The molecule has 0 amide bonds. The zero-order chi connectivity index (χ0) is 14.5. The summed E-state index contributed by atoms with van der Waals surface area (Å²) < 4.78 is 10.6. The monoisotopic (exact) mass is 280 g/mol. The van der Waals surface area contributed by atoms with Crippen molar-refractivity contribution in [1.82, 2.24) is 0 Å². The van der Waals surface area contributed by atoms with Crippen LogP contribution >= 0.6 is 0 Å². The van der Waals surface area contributed by atoms with Gasteiger partial charge in [0.1, 0.15) is 0 Å². The molecule has 1 heterocycles. The number of aliphatic hydroxyl groups is 1. The lowest BCUT2D eigenvalue weighted by molar-refractivity contribution is 0.244. The van der Waals surface area contributed by atoms with Gasteiger partial charge in [-0.3, -0.25) is 0 Å². The van der Waals surface area contributed by atoms with E-state index in [1.165, 1.54) is 6.42 Å². The first kappa shape index (κ1) is 14.8. The van der Waals surface area contributed by atoms with Gasteiger partial charge in [0.2, 0.25) is 0 Å². The lowest BCUT2D eigenvalue weighted by atomic mass is 9.94. The molecule has 0 saturated carbocycles. The van der Waals surface area contributed by atoms with E-state index in [9.17, 15) is 0 Å². The van der Waals surface area contributed by atoms with Crippen molar-refractivity contribution in [2.24, 2.45) is 5.92 Å². The van der Waals surface area contributed by atoms with Crippen LogP contribution in [-0.2, 0) is 0 Å². The number of nitrogens with zero attached hydrogens (tertiary/aromatic N) is 1. The van der Waals surface area contributed by atoms with Crippen LogP contribution in [-0.4, -0.2) is 39.0 Å². The molecule has 0 aromatic heterocycles. The summed E-state index contributed by atoms with van der Waals surface area (Å²) >= 11 is 0. The summed E-state index contributed by atoms with van der Waals surface area (Å²) in [5.41, 5.74) is 7.84. The Hall–Kier alpha value is -1.62. The van der Waals surface area contributed by atoms with Crippen molar-refractivity contribution in [1.29, 1.82) is 0 Å². The van der Waals surface area contributed by atoms with Crippen LogP contribution in [0.15, 0.2) is 12.1 Å². The summed E-state index contributed by atoms with van der Waals surface area (Å²) in [7, 11) is 3.23. The summed E-state index contributed by atoms with van der Waals surface area (Å²) in [5, 5.41) is 9.10. The molecule has 1 aromatic rings. The maximum absolute atomic E-state index is 9.10. The Balaban J connectivity index is 2.23. The number of rotatable bonds is 5. The molecular weight excluding hydrogens is 256 g/mol. The van der Waals surface area contributed by atoms with Crippen LogP contribution in [0.1, 0.15) is 19.3 Å². The highest BCUT2D eigenvalue weighted by Gasteiger charge is 2.22. The van der Waals surface area contributed by atoms with Crippen LogP contribution in [0.4, 0.5) is 11.4 Å². The number of anilines is 2. The minimum Gasteiger partial charge on any atom is -0.493 e. The smallest absolute Gasteiger partial charge is 0.162 e. The predicted octanol–water partition coefficient (Wildman–Crippen LogP) is 1.88. The van der Waals surface area contributed by atoms with E-state index in [2.05, 4.69) is 4.90 Å². The molecule has 112 valence electrons. The van der Waals surface area contributed by atoms with E-state index >= 15 is 0 Å². The fourth-order valence-electron chi connectivity index (χ4n) is 2.86. The third kappa shape index (κ3) is 3.10. The molecule has 1 atom stereocenters. The van der Waals surface area contributed by atoms with Gasteiger partial charge in [0.25, 0.3) is 0 Å². The topological polar surface area (TPSA) is 68.0 Å². The summed E-state index contributed by atoms with van der Waals surface area (Å²) in [6.45, 7) is 2.17. The molecule has 1 saturated heterocycles. The van der Waals surface area contributed by atoms with Crippen molar-refractivity contribution in [3.63, 3.8) is 0 Å². The van der Waals surface area contributed by atoms with E-state index < -0.39 is 0 Å². The summed E-state index contributed by atoms with van der Waals surface area (Å²) in [4.78, 5) is 2.28. The van der Waals surface area contributed by atoms with E-state index in [-0.39, 0.29) is 6.61 Å². The maximum atomic E-state index is 9.10. The van der Waals surface area contributed by atoms with Gasteiger partial charge in [0.15, 0.2) is 11.5 Å². The zero-order valence-electron chi connectivity index (χ0n) is 12.3. The molecule has 1 aromatic carbocycles. The minimum atomic E-state index is 0.250. The second kappa shape index (κ2) is 6.70. The van der Waals surface area contributed by atoms with Crippen molar-refractivity contribution >= 4 is 11.4 Å². The molecule has 0 spiro atoms. The molecule has 0 bridgehead atoms. The van der Waals surface area contributed by atoms with Crippen LogP contribution in [0.25, 0.3) is 0 Å². The predicted molar refractivity (Wildman–Crippen MR) is 80.6 cm³/mol. The number of benzene rings is 1. The fraction of sp³-hybridized carbons (Fsp3) is 0.600. The molecule has 0 radical (unpaired) electrons. The van der Waals surface area contributed by atoms with E-state index in [4.69, 9.17) is 20.3 Å². The quantitative estimate of drug-likeness (QED) is 0.806. The summed E-state index contributed by atoms with van der Waals surface area (Å²) in [5.74, 6) is 1.87. The Bertz CT molecular complexity index is 449. The summed E-state index contributed by atoms with van der Waals surface area (Å²) in [6.07, 6.45) is 3.15. The Morgan fingerprint density at radius 1 is 1.30 bits per heavy atom. The average molecular weight is 280 g/mol. The molecule has 5 heteroatoms. The first-order chi connectivity index (χ1) is 9.69. The van der Waals surface area contributed by atoms with E-state index in [1.807, 2.05) is 12.1 Å². The Morgan fingerprint density at radius 2 is 2.00 bits per heavy atom. The van der Waals surface area contributed by atoms with Crippen LogP contribution in [0, 0.1) is 5.92 Å². The first-order valence-electron chi connectivity index (χ1n) is 7.07. The Morgan fingerprint density at radius 3 is 2.65 bits per heavy atom. The Kier molecular flexibility index (Phi) is 4.95. The van der Waals surface area contributed by atoms with E-state index in [0.29, 0.717) is 23.1 Å². The van der Waals surface area contributed by atoms with E-state index in [0.717, 1.165) is 31.6 Å². The largest absolute Gasteiger partial charge is 0.493 e. The number of methoxy groups -OCH3 is 2. The van der Waals surface area contributed by atoms with Gasteiger partial charge in [0, 0.05) is 31.8 Å². The fourth-order valence-corrected chi connectivity index (χ4v) is 2.86. The molecule has 0 aliphatic carbocycles. The number of aliphatic hydroxyl groups excluding tert-OH is 1. The van der Waals surface area contributed by atoms with Crippen LogP contribution in [0.3, 0.4) is 0 Å². The molecule has 1 fully saturated rings. The highest BCUT2D eigenvalue weighted by atomic mass is 16.5. The standard InChI is InChI=1S/C15H24N2O3/c1-19-14-8-12(16)13(9-15(14)20-2)17-6-3-4-11(10-17)5-7-18/h8-9,11,18H,3-7,10,16H2,1-2H3. The molecular formula is C15H24N2O3. The highest BCUT2D eigenvalue weighted by molar-refractivity contribution is 5.73. The second-order valence-electron chi connectivity index (χ2n) is 5.23. The third-order valence-electron chi connectivity index (χ3n) is 3.93. The lowest BCUT2D eigenvalue weighted by Crippen LogP contribution is -2.36. The molecule has 20 heavy (non-hydrogen) atoms. The number of ether oxygens (including phenoxy) is 2. The van der Waals surface area contributed by atoms with Gasteiger partial charge in [-0.2, -0.15) is 0 Å². The normalized spacial score (nSPS) is 18.9. The van der Waals surface area contributed by atoms with Gasteiger partial charge in [-0.15, -0.1) is 0 Å². The van der Waals surface area contributed by atoms with Crippen molar-refractivity contribution in [3.05, 3.63) is 12.1 Å². The first-order valence-corrected chi connectivity index (χ1v) is 7.07. The third-order valence-corrected chi connectivity index (χ3v) is 3.93. The average Bonchev–Trinajstić information content (AvgIpc) is 2.47. The van der Waals surface area contributed by atoms with Crippen LogP contribution in [0.5, 0.6) is 11.5 Å².